The highest BCUT2D eigenvalue weighted by molar-refractivity contribution is 9.10. The van der Waals surface area contributed by atoms with E-state index in [-0.39, 0.29) is 11.3 Å². The van der Waals surface area contributed by atoms with Crippen LogP contribution in [0.5, 0.6) is 0 Å². The zero-order chi connectivity index (χ0) is 13.1. The van der Waals surface area contributed by atoms with Crippen LogP contribution in [0.1, 0.15) is 5.56 Å². The van der Waals surface area contributed by atoms with Gasteiger partial charge in [0.05, 0.1) is 6.54 Å². The Morgan fingerprint density at radius 1 is 1.61 bits per heavy atom. The van der Waals surface area contributed by atoms with Crippen molar-refractivity contribution in [3.8, 4) is 0 Å². The molecule has 2 aromatic rings. The second-order valence-corrected chi connectivity index (χ2v) is 3.96. The van der Waals surface area contributed by atoms with E-state index < -0.39 is 10.9 Å². The third-order valence-electron chi connectivity index (χ3n) is 2.13. The van der Waals surface area contributed by atoms with E-state index in [0.717, 1.165) is 5.56 Å². The van der Waals surface area contributed by atoms with Gasteiger partial charge in [0.25, 0.3) is 4.73 Å². The molecule has 2 heterocycles. The third kappa shape index (κ3) is 2.43. The summed E-state index contributed by atoms with van der Waals surface area (Å²) in [4.78, 5) is 17.6. The number of hydrogen-bond donors (Lipinski definition) is 2. The number of pyridine rings is 1. The minimum atomic E-state index is -0.660. The summed E-state index contributed by atoms with van der Waals surface area (Å²) < 4.78 is 1.61. The molecule has 94 valence electrons. The van der Waals surface area contributed by atoms with Gasteiger partial charge < -0.3 is 15.5 Å². The number of nitrogens with two attached hydrogens (primary N) is 1. The lowest BCUT2D eigenvalue weighted by atomic mass is 10.2. The number of halogens is 1. The van der Waals surface area contributed by atoms with Crippen molar-refractivity contribution in [3.63, 3.8) is 0 Å². The molecule has 0 aliphatic rings. The maximum absolute atomic E-state index is 10.5. The molecule has 0 aliphatic heterocycles. The number of aromatic nitrogens is 4. The Balaban J connectivity index is 2.31. The van der Waals surface area contributed by atoms with E-state index >= 15 is 0 Å². The van der Waals surface area contributed by atoms with Gasteiger partial charge in [-0.15, -0.1) is 0 Å². The molecule has 0 atom stereocenters. The number of hydrazine groups is 1. The quantitative estimate of drug-likeness (QED) is 0.483. The zero-order valence-corrected chi connectivity index (χ0v) is 10.5. The first-order chi connectivity index (χ1) is 8.61. The fraction of sp³-hybridized carbons (Fsp3) is 0.125. The Morgan fingerprint density at radius 2 is 2.39 bits per heavy atom. The number of rotatable bonds is 4. The Labute approximate surface area is 109 Å². The normalized spacial score (nSPS) is 10.3. The minimum absolute atomic E-state index is 0.259. The molecule has 3 N–H and O–H groups in total. The van der Waals surface area contributed by atoms with Crippen molar-refractivity contribution in [2.24, 2.45) is 5.84 Å². The summed E-state index contributed by atoms with van der Waals surface area (Å²) >= 11 is 3.10. The second kappa shape index (κ2) is 5.06. The van der Waals surface area contributed by atoms with E-state index in [4.69, 9.17) is 5.84 Å². The maximum atomic E-state index is 10.5. The monoisotopic (exact) mass is 313 g/mol. The number of nitrogen functional groups attached to an aromatic ring is 1. The fourth-order valence-electron chi connectivity index (χ4n) is 1.35. The van der Waals surface area contributed by atoms with Crippen molar-refractivity contribution in [2.45, 2.75) is 6.54 Å². The highest BCUT2D eigenvalue weighted by atomic mass is 79.9. The van der Waals surface area contributed by atoms with E-state index in [1.54, 1.807) is 18.3 Å². The molecule has 0 aliphatic carbocycles. The molecule has 9 nitrogen and oxygen atoms in total. The number of anilines is 1. The molecule has 0 saturated heterocycles. The first kappa shape index (κ1) is 12.4. The molecule has 0 fully saturated rings. The lowest BCUT2D eigenvalue weighted by molar-refractivity contribution is -0.394. The third-order valence-corrected chi connectivity index (χ3v) is 2.71. The van der Waals surface area contributed by atoms with Gasteiger partial charge in [-0.25, -0.2) is 10.8 Å². The largest absolute Gasteiger partial charge is 0.492 e. The molecular formula is C8H8BrN7O2. The summed E-state index contributed by atoms with van der Waals surface area (Å²) in [6, 6.07) is 3.51. The van der Waals surface area contributed by atoms with Gasteiger partial charge in [0, 0.05) is 32.8 Å². The average molecular weight is 314 g/mol. The number of nitrogens with one attached hydrogen (secondary N) is 1. The summed E-state index contributed by atoms with van der Waals surface area (Å²) in [5.74, 6) is 5.33. The molecule has 10 heteroatoms. The molecule has 2 aromatic heterocycles. The summed E-state index contributed by atoms with van der Waals surface area (Å²) in [6.45, 7) is 0.259. The zero-order valence-electron chi connectivity index (χ0n) is 8.95. The summed E-state index contributed by atoms with van der Waals surface area (Å²) in [5, 5.41) is 14.3. The van der Waals surface area contributed by atoms with Crippen molar-refractivity contribution < 1.29 is 4.92 Å². The van der Waals surface area contributed by atoms with Crippen molar-refractivity contribution in [1.29, 1.82) is 0 Å². The number of nitrogens with zero attached hydrogens (tertiary/aromatic N) is 5. The molecule has 0 unspecified atom stereocenters. The van der Waals surface area contributed by atoms with Crippen LogP contribution in [0, 0.1) is 10.1 Å². The number of hydrogen-bond acceptors (Lipinski definition) is 7. The Bertz CT molecular complexity index is 585. The molecule has 0 bridgehead atoms. The molecule has 0 radical (unpaired) electrons. The van der Waals surface area contributed by atoms with Crippen LogP contribution >= 0.6 is 15.9 Å². The Kier molecular flexibility index (Phi) is 3.48. The van der Waals surface area contributed by atoms with E-state index in [1.165, 1.54) is 4.68 Å². The summed E-state index contributed by atoms with van der Waals surface area (Å²) in [5.41, 5.74) is 3.18. The first-order valence-electron chi connectivity index (χ1n) is 4.77. The lowest BCUT2D eigenvalue weighted by Gasteiger charge is -2.05. The van der Waals surface area contributed by atoms with Crippen LogP contribution in [-0.2, 0) is 6.54 Å². The highest BCUT2D eigenvalue weighted by Crippen LogP contribution is 2.17. The van der Waals surface area contributed by atoms with Gasteiger partial charge >= 0.3 is 5.95 Å². The first-order valence-corrected chi connectivity index (χ1v) is 5.56. The molecule has 0 saturated carbocycles. The van der Waals surface area contributed by atoms with E-state index in [0.29, 0.717) is 5.82 Å². The van der Waals surface area contributed by atoms with Gasteiger partial charge in [-0.3, -0.25) is 0 Å². The van der Waals surface area contributed by atoms with Crippen LogP contribution < -0.4 is 11.3 Å². The van der Waals surface area contributed by atoms with Gasteiger partial charge in [-0.1, -0.05) is 6.07 Å². The van der Waals surface area contributed by atoms with Gasteiger partial charge in [0.1, 0.15) is 5.82 Å². The van der Waals surface area contributed by atoms with E-state index in [1.807, 2.05) is 0 Å². The standard InChI is InChI=1S/C8H8BrN7O2/c9-7-12-8(16(17)18)14-15(7)4-5-2-1-3-11-6(5)13-10/h1-3H,4,10H2,(H,11,13). The minimum Gasteiger partial charge on any atom is -0.390 e. The van der Waals surface area contributed by atoms with Crippen LogP contribution in [0.2, 0.25) is 0 Å². The maximum Gasteiger partial charge on any atom is 0.492 e. The van der Waals surface area contributed by atoms with Crippen molar-refractivity contribution in [1.82, 2.24) is 19.7 Å². The van der Waals surface area contributed by atoms with Crippen LogP contribution in [-0.4, -0.2) is 24.7 Å². The van der Waals surface area contributed by atoms with E-state index in [2.05, 4.69) is 36.4 Å². The molecule has 0 aromatic carbocycles. The van der Waals surface area contributed by atoms with Crippen molar-refractivity contribution in [3.05, 3.63) is 38.7 Å². The average Bonchev–Trinajstić information content (AvgIpc) is 2.72. The van der Waals surface area contributed by atoms with Crippen molar-refractivity contribution in [2.75, 3.05) is 5.43 Å². The van der Waals surface area contributed by atoms with E-state index in [9.17, 15) is 10.1 Å². The van der Waals surface area contributed by atoms with Gasteiger partial charge in [-0.05, 0) is 16.0 Å². The molecule has 2 rings (SSSR count). The smallest absolute Gasteiger partial charge is 0.390 e. The van der Waals surface area contributed by atoms with Crippen LogP contribution in [0.4, 0.5) is 11.8 Å². The van der Waals surface area contributed by atoms with Gasteiger partial charge in [-0.2, -0.15) is 4.68 Å². The van der Waals surface area contributed by atoms with Crippen molar-refractivity contribution >= 4 is 27.7 Å². The topological polar surface area (TPSA) is 125 Å². The SMILES string of the molecule is NNc1ncccc1Cn1nc([N+](=O)[O-])nc1Br. The van der Waals surface area contributed by atoms with Crippen LogP contribution in [0.25, 0.3) is 0 Å². The summed E-state index contributed by atoms with van der Waals surface area (Å²) in [6.07, 6.45) is 1.58. The lowest BCUT2D eigenvalue weighted by Crippen LogP contribution is -2.13. The van der Waals surface area contributed by atoms with Gasteiger partial charge in [0.2, 0.25) is 0 Å². The predicted molar refractivity (Wildman–Crippen MR) is 65.5 cm³/mol. The fourth-order valence-corrected chi connectivity index (χ4v) is 1.71. The second-order valence-electron chi connectivity index (χ2n) is 3.25. The molecular weight excluding hydrogens is 306 g/mol. The summed E-state index contributed by atoms with van der Waals surface area (Å²) in [7, 11) is 0. The van der Waals surface area contributed by atoms with Crippen LogP contribution in [0.15, 0.2) is 23.1 Å². The van der Waals surface area contributed by atoms with Gasteiger partial charge in [0.15, 0.2) is 0 Å². The molecule has 18 heavy (non-hydrogen) atoms. The molecule has 0 spiro atoms. The Hall–Kier alpha value is -2.07. The Morgan fingerprint density at radius 3 is 3.00 bits per heavy atom. The highest BCUT2D eigenvalue weighted by Gasteiger charge is 2.20. The van der Waals surface area contributed by atoms with Crippen LogP contribution in [0.3, 0.4) is 0 Å². The predicted octanol–water partition coefficient (Wildman–Crippen LogP) is 0.678. The molecule has 0 amide bonds. The number of nitro groups is 1.